The van der Waals surface area contributed by atoms with E-state index in [1.165, 1.54) is 0 Å². The highest BCUT2D eigenvalue weighted by Crippen LogP contribution is 2.29. The summed E-state index contributed by atoms with van der Waals surface area (Å²) in [6.45, 7) is 2.55. The fourth-order valence-electron chi connectivity index (χ4n) is 1.70. The summed E-state index contributed by atoms with van der Waals surface area (Å²) in [6, 6.07) is 7.50. The summed E-state index contributed by atoms with van der Waals surface area (Å²) >= 11 is 15.4. The number of hydrogen-bond acceptors (Lipinski definition) is 3. The molecule has 2 aromatic rings. The SMILES string of the molecule is CCOc1ccc(Nc2ncc(Br)cc2Cl)cc1CCl. The van der Waals surface area contributed by atoms with Crippen molar-refractivity contribution >= 4 is 50.6 Å². The molecule has 0 amide bonds. The van der Waals surface area contributed by atoms with Crippen LogP contribution in [-0.2, 0) is 5.88 Å². The molecule has 106 valence electrons. The van der Waals surface area contributed by atoms with Crippen LogP contribution in [-0.4, -0.2) is 11.6 Å². The number of hydrogen-bond donors (Lipinski definition) is 1. The van der Waals surface area contributed by atoms with Crippen LogP contribution >= 0.6 is 39.1 Å². The zero-order valence-corrected chi connectivity index (χ0v) is 13.9. The Morgan fingerprint density at radius 1 is 1.35 bits per heavy atom. The molecule has 0 aliphatic rings. The number of ether oxygens (including phenoxy) is 1. The van der Waals surface area contributed by atoms with E-state index in [0.29, 0.717) is 23.3 Å². The summed E-state index contributed by atoms with van der Waals surface area (Å²) in [6.07, 6.45) is 1.69. The monoisotopic (exact) mass is 374 g/mol. The predicted octanol–water partition coefficient (Wildman–Crippen LogP) is 5.38. The van der Waals surface area contributed by atoms with Gasteiger partial charge in [-0.1, -0.05) is 11.6 Å². The summed E-state index contributed by atoms with van der Waals surface area (Å²) in [5.41, 5.74) is 1.78. The van der Waals surface area contributed by atoms with Gasteiger partial charge in [-0.05, 0) is 47.1 Å². The second-order valence-electron chi connectivity index (χ2n) is 4.00. The smallest absolute Gasteiger partial charge is 0.149 e. The minimum atomic E-state index is 0.381. The van der Waals surface area contributed by atoms with Crippen LogP contribution in [0.15, 0.2) is 34.9 Å². The molecule has 0 aliphatic carbocycles. The van der Waals surface area contributed by atoms with E-state index in [1.54, 1.807) is 12.3 Å². The van der Waals surface area contributed by atoms with Crippen LogP contribution in [0.3, 0.4) is 0 Å². The molecular weight excluding hydrogens is 363 g/mol. The largest absolute Gasteiger partial charge is 0.494 e. The first-order valence-electron chi connectivity index (χ1n) is 6.03. The van der Waals surface area contributed by atoms with E-state index in [9.17, 15) is 0 Å². The number of nitrogens with zero attached hydrogens (tertiary/aromatic N) is 1. The van der Waals surface area contributed by atoms with Crippen LogP contribution in [0, 0.1) is 0 Å². The second-order valence-corrected chi connectivity index (χ2v) is 5.59. The van der Waals surface area contributed by atoms with Gasteiger partial charge in [0.15, 0.2) is 0 Å². The van der Waals surface area contributed by atoms with Crippen molar-refractivity contribution in [1.82, 2.24) is 4.98 Å². The Bertz CT molecular complexity index is 608. The van der Waals surface area contributed by atoms with Gasteiger partial charge in [0.05, 0.1) is 17.5 Å². The van der Waals surface area contributed by atoms with Gasteiger partial charge in [0.2, 0.25) is 0 Å². The first kappa shape index (κ1) is 15.4. The summed E-state index contributed by atoms with van der Waals surface area (Å²) < 4.78 is 6.35. The maximum absolute atomic E-state index is 6.13. The van der Waals surface area contributed by atoms with Gasteiger partial charge in [-0.15, -0.1) is 11.6 Å². The molecule has 1 aromatic carbocycles. The van der Waals surface area contributed by atoms with E-state index < -0.39 is 0 Å². The zero-order valence-electron chi connectivity index (χ0n) is 10.8. The summed E-state index contributed by atoms with van der Waals surface area (Å²) in [7, 11) is 0. The van der Waals surface area contributed by atoms with Gasteiger partial charge in [0, 0.05) is 21.9 Å². The molecule has 1 N–H and O–H groups in total. The van der Waals surface area contributed by atoms with E-state index in [4.69, 9.17) is 27.9 Å². The highest BCUT2D eigenvalue weighted by Gasteiger charge is 2.07. The lowest BCUT2D eigenvalue weighted by Gasteiger charge is -2.12. The molecule has 0 unspecified atom stereocenters. The van der Waals surface area contributed by atoms with Crippen LogP contribution in [0.4, 0.5) is 11.5 Å². The van der Waals surface area contributed by atoms with Gasteiger partial charge < -0.3 is 10.1 Å². The van der Waals surface area contributed by atoms with Gasteiger partial charge in [-0.25, -0.2) is 4.98 Å². The fourth-order valence-corrected chi connectivity index (χ4v) is 2.59. The van der Waals surface area contributed by atoms with Crippen molar-refractivity contribution < 1.29 is 4.74 Å². The molecule has 6 heteroatoms. The molecule has 0 radical (unpaired) electrons. The number of nitrogens with one attached hydrogen (secondary N) is 1. The van der Waals surface area contributed by atoms with E-state index >= 15 is 0 Å². The van der Waals surface area contributed by atoms with E-state index in [2.05, 4.69) is 26.2 Å². The van der Waals surface area contributed by atoms with Gasteiger partial charge >= 0.3 is 0 Å². The molecule has 1 aromatic heterocycles. The molecule has 20 heavy (non-hydrogen) atoms. The molecule has 0 saturated heterocycles. The number of anilines is 2. The Morgan fingerprint density at radius 3 is 2.80 bits per heavy atom. The fraction of sp³-hybridized carbons (Fsp3) is 0.214. The Kier molecular flexibility index (Phi) is 5.52. The van der Waals surface area contributed by atoms with Gasteiger partial charge in [-0.3, -0.25) is 0 Å². The van der Waals surface area contributed by atoms with Gasteiger partial charge in [0.25, 0.3) is 0 Å². The third kappa shape index (κ3) is 3.78. The summed E-state index contributed by atoms with van der Waals surface area (Å²) in [4.78, 5) is 4.23. The van der Waals surface area contributed by atoms with Crippen LogP contribution in [0.2, 0.25) is 5.02 Å². The molecule has 0 aliphatic heterocycles. The summed E-state index contributed by atoms with van der Waals surface area (Å²) in [5.74, 6) is 1.77. The quantitative estimate of drug-likeness (QED) is 0.712. The third-order valence-corrected chi connectivity index (χ3v) is 3.58. The topological polar surface area (TPSA) is 34.1 Å². The van der Waals surface area contributed by atoms with Crippen LogP contribution in [0.5, 0.6) is 5.75 Å². The highest BCUT2D eigenvalue weighted by molar-refractivity contribution is 9.10. The number of rotatable bonds is 5. The molecule has 0 saturated carbocycles. The lowest BCUT2D eigenvalue weighted by atomic mass is 10.2. The van der Waals surface area contributed by atoms with Crippen molar-refractivity contribution in [2.24, 2.45) is 0 Å². The predicted molar refractivity (Wildman–Crippen MR) is 87.4 cm³/mol. The normalized spacial score (nSPS) is 10.4. The number of aromatic nitrogens is 1. The standard InChI is InChI=1S/C14H13BrCl2N2O/c1-2-20-13-4-3-11(5-9(13)7-16)19-14-12(17)6-10(15)8-18-14/h3-6,8H,2,7H2,1H3,(H,18,19). The number of pyridine rings is 1. The van der Waals surface area contributed by atoms with E-state index in [0.717, 1.165) is 21.5 Å². The van der Waals surface area contributed by atoms with Gasteiger partial charge in [-0.2, -0.15) is 0 Å². The number of halogens is 3. The molecule has 0 atom stereocenters. The number of benzene rings is 1. The van der Waals surface area contributed by atoms with Crippen molar-refractivity contribution in [2.75, 3.05) is 11.9 Å². The molecule has 3 nitrogen and oxygen atoms in total. The van der Waals surface area contributed by atoms with E-state index in [-0.39, 0.29) is 0 Å². The van der Waals surface area contributed by atoms with Crippen molar-refractivity contribution in [3.63, 3.8) is 0 Å². The third-order valence-electron chi connectivity index (χ3n) is 2.57. The minimum absolute atomic E-state index is 0.381. The number of alkyl halides is 1. The minimum Gasteiger partial charge on any atom is -0.494 e. The zero-order chi connectivity index (χ0) is 14.5. The molecule has 0 fully saturated rings. The van der Waals surface area contributed by atoms with Crippen LogP contribution < -0.4 is 10.1 Å². The van der Waals surface area contributed by atoms with Crippen molar-refractivity contribution in [1.29, 1.82) is 0 Å². The highest BCUT2D eigenvalue weighted by atomic mass is 79.9. The molecule has 0 spiro atoms. The van der Waals surface area contributed by atoms with Crippen LogP contribution in [0.1, 0.15) is 12.5 Å². The van der Waals surface area contributed by atoms with Gasteiger partial charge in [0.1, 0.15) is 11.6 Å². The molecule has 0 bridgehead atoms. The summed E-state index contributed by atoms with van der Waals surface area (Å²) in [5, 5.41) is 3.71. The first-order valence-corrected chi connectivity index (χ1v) is 7.74. The first-order chi connectivity index (χ1) is 9.63. The lowest BCUT2D eigenvalue weighted by molar-refractivity contribution is 0.337. The maximum atomic E-state index is 6.13. The van der Waals surface area contributed by atoms with Crippen molar-refractivity contribution in [3.8, 4) is 5.75 Å². The second kappa shape index (κ2) is 7.16. The Labute approximate surface area is 136 Å². The van der Waals surface area contributed by atoms with Crippen LogP contribution in [0.25, 0.3) is 0 Å². The average molecular weight is 376 g/mol. The molecule has 2 rings (SSSR count). The van der Waals surface area contributed by atoms with E-state index in [1.807, 2.05) is 25.1 Å². The Hall–Kier alpha value is -0.970. The maximum Gasteiger partial charge on any atom is 0.149 e. The lowest BCUT2D eigenvalue weighted by Crippen LogP contribution is -1.98. The average Bonchev–Trinajstić information content (AvgIpc) is 2.43. The van der Waals surface area contributed by atoms with Crippen molar-refractivity contribution in [2.45, 2.75) is 12.8 Å². The Balaban J connectivity index is 2.25. The molecular formula is C14H13BrCl2N2O. The van der Waals surface area contributed by atoms with Crippen molar-refractivity contribution in [3.05, 3.63) is 45.5 Å². The Morgan fingerprint density at radius 2 is 2.15 bits per heavy atom. The molecule has 1 heterocycles.